The van der Waals surface area contributed by atoms with Crippen LogP contribution in [0.5, 0.6) is 17.2 Å². The quantitative estimate of drug-likeness (QED) is 0.794. The highest BCUT2D eigenvalue weighted by Crippen LogP contribution is 2.34. The minimum Gasteiger partial charge on any atom is -0.496 e. The van der Waals surface area contributed by atoms with Gasteiger partial charge in [-0.15, -0.1) is 0 Å². The van der Waals surface area contributed by atoms with Gasteiger partial charge in [0.2, 0.25) is 5.91 Å². The highest BCUT2D eigenvalue weighted by Gasteiger charge is 2.12. The molecule has 0 aliphatic heterocycles. The molecule has 0 saturated heterocycles. The van der Waals surface area contributed by atoms with Crippen LogP contribution >= 0.6 is 0 Å². The number of benzene rings is 2. The van der Waals surface area contributed by atoms with Crippen molar-refractivity contribution in [3.8, 4) is 17.2 Å². The molecule has 0 bridgehead atoms. The first-order chi connectivity index (χ1) is 11.7. The summed E-state index contributed by atoms with van der Waals surface area (Å²) in [5.74, 6) is 1.60. The van der Waals surface area contributed by atoms with Gasteiger partial charge in [0.25, 0.3) is 0 Å². The van der Waals surface area contributed by atoms with Crippen molar-refractivity contribution in [2.75, 3.05) is 21.3 Å². The zero-order valence-corrected chi connectivity index (χ0v) is 14.0. The van der Waals surface area contributed by atoms with Gasteiger partial charge in [-0.25, -0.2) is 0 Å². The molecule has 0 saturated carbocycles. The van der Waals surface area contributed by atoms with Crippen molar-refractivity contribution in [2.45, 2.75) is 6.54 Å². The van der Waals surface area contributed by atoms with Crippen LogP contribution in [0.2, 0.25) is 0 Å². The minimum absolute atomic E-state index is 0.185. The molecule has 0 aliphatic rings. The standard InChI is InChI=1S/C19H21NO4/c1-22-16-12-18(24-3)17(23-2)11-15(16)13-20-19(21)10-9-14-7-5-4-6-8-14/h4-12H,13H2,1-3H3,(H,20,21). The third-order valence-corrected chi connectivity index (χ3v) is 3.47. The lowest BCUT2D eigenvalue weighted by Gasteiger charge is -2.14. The van der Waals surface area contributed by atoms with E-state index in [1.807, 2.05) is 30.3 Å². The fraction of sp³-hybridized carbons (Fsp3) is 0.211. The number of rotatable bonds is 7. The van der Waals surface area contributed by atoms with Crippen LogP contribution in [-0.4, -0.2) is 27.2 Å². The van der Waals surface area contributed by atoms with Gasteiger partial charge in [-0.1, -0.05) is 30.3 Å². The van der Waals surface area contributed by atoms with Gasteiger partial charge in [0.1, 0.15) is 5.75 Å². The van der Waals surface area contributed by atoms with E-state index in [1.54, 1.807) is 39.5 Å². The van der Waals surface area contributed by atoms with Crippen LogP contribution in [0.4, 0.5) is 0 Å². The van der Waals surface area contributed by atoms with Crippen molar-refractivity contribution in [3.05, 3.63) is 59.7 Å². The van der Waals surface area contributed by atoms with Crippen LogP contribution in [0.1, 0.15) is 11.1 Å². The van der Waals surface area contributed by atoms with Gasteiger partial charge in [0.15, 0.2) is 11.5 Å². The molecular weight excluding hydrogens is 306 g/mol. The maximum absolute atomic E-state index is 12.0. The molecule has 2 aromatic carbocycles. The minimum atomic E-state index is -0.185. The van der Waals surface area contributed by atoms with E-state index in [-0.39, 0.29) is 5.91 Å². The van der Waals surface area contributed by atoms with Crippen molar-refractivity contribution in [3.63, 3.8) is 0 Å². The molecule has 0 unspecified atom stereocenters. The number of hydrogen-bond acceptors (Lipinski definition) is 4. The molecule has 0 spiro atoms. The Morgan fingerprint density at radius 2 is 1.58 bits per heavy atom. The van der Waals surface area contributed by atoms with Crippen LogP contribution in [0.3, 0.4) is 0 Å². The van der Waals surface area contributed by atoms with Crippen molar-refractivity contribution in [1.29, 1.82) is 0 Å². The summed E-state index contributed by atoms with van der Waals surface area (Å²) in [7, 11) is 4.70. The Hall–Kier alpha value is -2.95. The molecule has 2 aromatic rings. The average molecular weight is 327 g/mol. The van der Waals surface area contributed by atoms with Crippen LogP contribution in [0, 0.1) is 0 Å². The van der Waals surface area contributed by atoms with E-state index in [9.17, 15) is 4.79 Å². The van der Waals surface area contributed by atoms with Crippen molar-refractivity contribution < 1.29 is 19.0 Å². The van der Waals surface area contributed by atoms with Crippen LogP contribution in [0.15, 0.2) is 48.5 Å². The van der Waals surface area contributed by atoms with Gasteiger partial charge in [0.05, 0.1) is 21.3 Å². The van der Waals surface area contributed by atoms with Crippen LogP contribution < -0.4 is 19.5 Å². The largest absolute Gasteiger partial charge is 0.496 e. The zero-order valence-electron chi connectivity index (χ0n) is 14.0. The maximum Gasteiger partial charge on any atom is 0.244 e. The van der Waals surface area contributed by atoms with Crippen molar-refractivity contribution >= 4 is 12.0 Å². The molecule has 0 aromatic heterocycles. The predicted octanol–water partition coefficient (Wildman–Crippen LogP) is 3.04. The van der Waals surface area contributed by atoms with E-state index < -0.39 is 0 Å². The third-order valence-electron chi connectivity index (χ3n) is 3.47. The summed E-state index contributed by atoms with van der Waals surface area (Å²) in [5, 5.41) is 2.83. The molecule has 0 heterocycles. The molecule has 1 amide bonds. The van der Waals surface area contributed by atoms with Gasteiger partial charge in [-0.05, 0) is 17.7 Å². The molecule has 0 fully saturated rings. The Labute approximate surface area is 141 Å². The number of carbonyl (C=O) groups is 1. The third kappa shape index (κ3) is 4.52. The fourth-order valence-electron chi connectivity index (χ4n) is 2.21. The molecule has 5 heteroatoms. The molecule has 2 rings (SSSR count). The molecule has 0 radical (unpaired) electrons. The Morgan fingerprint density at radius 3 is 2.21 bits per heavy atom. The normalized spacial score (nSPS) is 10.5. The summed E-state index contributed by atoms with van der Waals surface area (Å²) in [4.78, 5) is 12.0. The van der Waals surface area contributed by atoms with Gasteiger partial charge in [-0.2, -0.15) is 0 Å². The lowest BCUT2D eigenvalue weighted by molar-refractivity contribution is -0.116. The molecule has 24 heavy (non-hydrogen) atoms. The smallest absolute Gasteiger partial charge is 0.244 e. The first-order valence-electron chi connectivity index (χ1n) is 7.47. The molecule has 5 nitrogen and oxygen atoms in total. The number of hydrogen-bond donors (Lipinski definition) is 1. The van der Waals surface area contributed by atoms with Crippen molar-refractivity contribution in [1.82, 2.24) is 5.32 Å². The molecule has 0 aliphatic carbocycles. The molecule has 0 atom stereocenters. The van der Waals surface area contributed by atoms with Gasteiger partial charge in [0, 0.05) is 24.3 Å². The maximum atomic E-state index is 12.0. The Bertz CT molecular complexity index is 711. The summed E-state index contributed by atoms with van der Waals surface area (Å²) in [6.45, 7) is 0.321. The van der Waals surface area contributed by atoms with Gasteiger partial charge < -0.3 is 19.5 Å². The lowest BCUT2D eigenvalue weighted by atomic mass is 10.1. The second kappa shape index (κ2) is 8.62. The Kier molecular flexibility index (Phi) is 6.25. The molecule has 126 valence electrons. The SMILES string of the molecule is COc1cc(OC)c(OC)cc1CNC(=O)C=Cc1ccccc1. The summed E-state index contributed by atoms with van der Waals surface area (Å²) in [5.41, 5.74) is 1.77. The number of methoxy groups -OCH3 is 3. The predicted molar refractivity (Wildman–Crippen MR) is 93.4 cm³/mol. The van der Waals surface area contributed by atoms with E-state index >= 15 is 0 Å². The fourth-order valence-corrected chi connectivity index (χ4v) is 2.21. The number of amides is 1. The summed E-state index contributed by atoms with van der Waals surface area (Å²) in [6.07, 6.45) is 3.27. The lowest BCUT2D eigenvalue weighted by Crippen LogP contribution is -2.20. The number of carbonyl (C=O) groups excluding carboxylic acids is 1. The molecular formula is C19H21NO4. The van der Waals surface area contributed by atoms with E-state index in [0.717, 1.165) is 11.1 Å². The number of ether oxygens (including phenoxy) is 3. The van der Waals surface area contributed by atoms with Crippen LogP contribution in [-0.2, 0) is 11.3 Å². The topological polar surface area (TPSA) is 56.8 Å². The van der Waals surface area contributed by atoms with Crippen LogP contribution in [0.25, 0.3) is 6.08 Å². The van der Waals surface area contributed by atoms with E-state index in [0.29, 0.717) is 23.8 Å². The van der Waals surface area contributed by atoms with E-state index in [1.165, 1.54) is 6.08 Å². The summed E-state index contributed by atoms with van der Waals surface area (Å²) in [6, 6.07) is 13.2. The summed E-state index contributed by atoms with van der Waals surface area (Å²) < 4.78 is 15.9. The number of nitrogens with one attached hydrogen (secondary N) is 1. The Morgan fingerprint density at radius 1 is 0.958 bits per heavy atom. The van der Waals surface area contributed by atoms with Gasteiger partial charge in [-0.3, -0.25) is 4.79 Å². The zero-order chi connectivity index (χ0) is 17.4. The van der Waals surface area contributed by atoms with E-state index in [2.05, 4.69) is 5.32 Å². The highest BCUT2D eigenvalue weighted by molar-refractivity contribution is 5.91. The Balaban J connectivity index is 2.05. The second-order valence-corrected chi connectivity index (χ2v) is 4.98. The second-order valence-electron chi connectivity index (χ2n) is 4.98. The van der Waals surface area contributed by atoms with E-state index in [4.69, 9.17) is 14.2 Å². The highest BCUT2D eigenvalue weighted by atomic mass is 16.5. The monoisotopic (exact) mass is 327 g/mol. The first-order valence-corrected chi connectivity index (χ1v) is 7.47. The summed E-state index contributed by atoms with van der Waals surface area (Å²) >= 11 is 0. The van der Waals surface area contributed by atoms with Crippen molar-refractivity contribution in [2.24, 2.45) is 0 Å². The average Bonchev–Trinajstić information content (AvgIpc) is 2.64. The first kappa shape index (κ1) is 17.4. The molecule has 1 N–H and O–H groups in total. The van der Waals surface area contributed by atoms with Gasteiger partial charge >= 0.3 is 0 Å².